The van der Waals surface area contributed by atoms with Crippen molar-refractivity contribution in [2.75, 3.05) is 26.4 Å². The fourth-order valence-corrected chi connectivity index (χ4v) is 11.9. The highest BCUT2D eigenvalue weighted by Gasteiger charge is 2.53. The zero-order chi connectivity index (χ0) is 73.2. The summed E-state index contributed by atoms with van der Waals surface area (Å²) in [6, 6.07) is -1.00. The number of amides is 1. The summed E-state index contributed by atoms with van der Waals surface area (Å²) in [6.45, 7) is 1.57. The largest absolute Gasteiger partial charge is 0.394 e. The zero-order valence-corrected chi connectivity index (χ0v) is 61.3. The normalized spacial score (nSPS) is 27.2. The smallest absolute Gasteiger partial charge is 0.220 e. The molecule has 19 heteroatoms. The average Bonchev–Trinajstić information content (AvgIpc) is 0.782. The van der Waals surface area contributed by atoms with Crippen LogP contribution in [0.1, 0.15) is 232 Å². The third kappa shape index (κ3) is 41.2. The van der Waals surface area contributed by atoms with Gasteiger partial charge in [0, 0.05) is 6.42 Å². The van der Waals surface area contributed by atoms with Crippen molar-refractivity contribution in [1.82, 2.24) is 5.32 Å². The van der Waals surface area contributed by atoms with Gasteiger partial charge in [-0.1, -0.05) is 262 Å². The standard InChI is InChI=1S/C82H135NO18/c1-3-5-7-9-11-13-15-17-19-20-21-22-23-24-25-26-27-28-29-30-31-32-33-34-35-36-37-38-39-40-41-42-43-44-46-48-50-52-54-56-58-60-70(88)83-65(66(87)59-57-55-53-51-49-47-45-18-16-14-12-10-8-6-4-2)64-96-80-76(94)73(91)78(68(62-85)98-80)101-82-77(95)74(92)79(69(63-86)99-82)100-81-75(93)72(90)71(89)67(61-84)97-81/h5,7,11,13,17,19,21-22,24-25,27-28,30-31,33-34,36-37,39-40,49,51,57,59,65-69,71-82,84-87,89-95H,3-4,6,8-10,12,14-16,18,20,23,26,29,32,35,38,41-48,50,52-56,58,60-64H2,1-2H3,(H,83,88)/b7-5-,13-11-,19-17-,22-21-,25-24-,28-27-,31-30-,34-33-,37-36-,40-39-,51-49+,59-57+. The summed E-state index contributed by atoms with van der Waals surface area (Å²) >= 11 is 0. The van der Waals surface area contributed by atoms with E-state index in [0.29, 0.717) is 12.8 Å². The molecule has 3 aliphatic rings. The molecule has 0 bridgehead atoms. The first-order valence-electron chi connectivity index (χ1n) is 38.6. The van der Waals surface area contributed by atoms with Crippen molar-refractivity contribution in [3.8, 4) is 0 Å². The number of hydrogen-bond acceptors (Lipinski definition) is 18. The van der Waals surface area contributed by atoms with Crippen LogP contribution in [0.15, 0.2) is 146 Å². The summed E-state index contributed by atoms with van der Waals surface area (Å²) in [5, 5.41) is 121. The molecule has 12 N–H and O–H groups in total. The van der Waals surface area contributed by atoms with E-state index in [1.165, 1.54) is 83.5 Å². The van der Waals surface area contributed by atoms with Crippen molar-refractivity contribution in [1.29, 1.82) is 0 Å². The molecular formula is C82H135NO18. The van der Waals surface area contributed by atoms with Crippen LogP contribution < -0.4 is 5.32 Å². The highest BCUT2D eigenvalue weighted by molar-refractivity contribution is 5.76. The number of aliphatic hydroxyl groups is 11. The predicted octanol–water partition coefficient (Wildman–Crippen LogP) is 12.3. The molecule has 19 nitrogen and oxygen atoms in total. The minimum absolute atomic E-state index is 0.221. The molecule has 3 heterocycles. The Labute approximate surface area is 606 Å². The number of rotatable bonds is 58. The monoisotopic (exact) mass is 1420 g/mol. The minimum Gasteiger partial charge on any atom is -0.394 e. The minimum atomic E-state index is -1.99. The van der Waals surface area contributed by atoms with Crippen LogP contribution in [-0.2, 0) is 33.2 Å². The maximum absolute atomic E-state index is 13.4. The molecule has 17 unspecified atom stereocenters. The van der Waals surface area contributed by atoms with Gasteiger partial charge in [-0.3, -0.25) is 4.79 Å². The molecule has 0 aromatic heterocycles. The van der Waals surface area contributed by atoms with Gasteiger partial charge in [0.15, 0.2) is 18.9 Å². The summed E-state index contributed by atoms with van der Waals surface area (Å²) in [5.41, 5.74) is 0. The number of aliphatic hydroxyl groups excluding tert-OH is 11. The van der Waals surface area contributed by atoms with E-state index in [4.69, 9.17) is 28.4 Å². The summed E-state index contributed by atoms with van der Waals surface area (Å²) in [6.07, 6.45) is 61.2. The second-order valence-electron chi connectivity index (χ2n) is 26.7. The number of allylic oxidation sites excluding steroid dienone is 23. The Morgan fingerprint density at radius 3 is 1.11 bits per heavy atom. The van der Waals surface area contributed by atoms with Crippen molar-refractivity contribution in [2.45, 2.75) is 336 Å². The van der Waals surface area contributed by atoms with Gasteiger partial charge in [0.05, 0.1) is 38.6 Å². The van der Waals surface area contributed by atoms with Gasteiger partial charge in [-0.25, -0.2) is 0 Å². The molecule has 3 saturated heterocycles. The van der Waals surface area contributed by atoms with Crippen molar-refractivity contribution in [2.24, 2.45) is 0 Å². The maximum atomic E-state index is 13.4. The average molecular weight is 1420 g/mol. The van der Waals surface area contributed by atoms with Gasteiger partial charge in [0.1, 0.15) is 73.2 Å². The van der Waals surface area contributed by atoms with Crippen LogP contribution >= 0.6 is 0 Å². The highest BCUT2D eigenvalue weighted by Crippen LogP contribution is 2.33. The lowest BCUT2D eigenvalue weighted by molar-refractivity contribution is -0.379. The van der Waals surface area contributed by atoms with E-state index < -0.39 is 124 Å². The maximum Gasteiger partial charge on any atom is 0.220 e. The summed E-state index contributed by atoms with van der Waals surface area (Å²) in [7, 11) is 0. The van der Waals surface area contributed by atoms with Crippen LogP contribution in [0.4, 0.5) is 0 Å². The van der Waals surface area contributed by atoms with E-state index in [1.807, 2.05) is 6.08 Å². The third-order valence-electron chi connectivity index (χ3n) is 18.1. The lowest BCUT2D eigenvalue weighted by Crippen LogP contribution is -2.66. The van der Waals surface area contributed by atoms with Crippen LogP contribution in [0.2, 0.25) is 0 Å². The van der Waals surface area contributed by atoms with E-state index in [9.17, 15) is 61.0 Å². The Kier molecular flexibility index (Phi) is 54.8. The molecule has 576 valence electrons. The van der Waals surface area contributed by atoms with Crippen LogP contribution in [0, 0.1) is 0 Å². The fourth-order valence-electron chi connectivity index (χ4n) is 11.9. The Morgan fingerprint density at radius 2 is 0.693 bits per heavy atom. The number of nitrogens with one attached hydrogen (secondary N) is 1. The lowest BCUT2D eigenvalue weighted by Gasteiger charge is -2.48. The van der Waals surface area contributed by atoms with Crippen molar-refractivity contribution >= 4 is 5.91 Å². The van der Waals surface area contributed by atoms with Crippen molar-refractivity contribution in [3.63, 3.8) is 0 Å². The molecular weight excluding hydrogens is 1290 g/mol. The summed E-state index contributed by atoms with van der Waals surface area (Å²) in [5.74, 6) is -0.296. The van der Waals surface area contributed by atoms with Crippen molar-refractivity contribution < 1.29 is 89.4 Å². The number of ether oxygens (including phenoxy) is 6. The number of unbranched alkanes of at least 4 members (excludes halogenated alkanes) is 20. The molecule has 101 heavy (non-hydrogen) atoms. The van der Waals surface area contributed by atoms with Gasteiger partial charge >= 0.3 is 0 Å². The highest BCUT2D eigenvalue weighted by atomic mass is 16.8. The Hall–Kier alpha value is -4.33. The lowest BCUT2D eigenvalue weighted by atomic mass is 9.96. The molecule has 3 fully saturated rings. The summed E-state index contributed by atoms with van der Waals surface area (Å²) < 4.78 is 34.3. The molecule has 0 aromatic carbocycles. The summed E-state index contributed by atoms with van der Waals surface area (Å²) in [4.78, 5) is 13.4. The Balaban J connectivity index is 1.34. The van der Waals surface area contributed by atoms with Gasteiger partial charge in [0.25, 0.3) is 0 Å². The third-order valence-corrected chi connectivity index (χ3v) is 18.1. The number of carbonyl (C=O) groups excluding carboxylic acids is 1. The van der Waals surface area contributed by atoms with Gasteiger partial charge in [0.2, 0.25) is 5.91 Å². The molecule has 17 atom stereocenters. The second-order valence-corrected chi connectivity index (χ2v) is 26.7. The molecule has 0 radical (unpaired) electrons. The molecule has 1 amide bonds. The first-order valence-corrected chi connectivity index (χ1v) is 38.6. The van der Waals surface area contributed by atoms with Crippen LogP contribution in [0.3, 0.4) is 0 Å². The van der Waals surface area contributed by atoms with E-state index >= 15 is 0 Å². The van der Waals surface area contributed by atoms with Crippen LogP contribution in [0.25, 0.3) is 0 Å². The first-order chi connectivity index (χ1) is 49.3. The fraction of sp³-hybridized carbons (Fsp3) is 0.695. The van der Waals surface area contributed by atoms with Gasteiger partial charge in [-0.2, -0.15) is 0 Å². The van der Waals surface area contributed by atoms with E-state index in [-0.39, 0.29) is 18.9 Å². The van der Waals surface area contributed by atoms with Crippen molar-refractivity contribution in [3.05, 3.63) is 146 Å². The SMILES string of the molecule is CC/C=C\C/C=C\C/C=C\C/C=C\C/C=C\C/C=C\C/C=C\C/C=C\C/C=C\C/C=C\CCCCCCCCCCCCC(=O)NC(COC1OC(CO)C(OC2OC(CO)C(OC3OC(CO)C(O)C(O)C3O)C(O)C2O)C(O)C1O)C(O)/C=C/CC/C=C/CCCCCCCCCCC. The van der Waals surface area contributed by atoms with Crippen LogP contribution in [-0.4, -0.2) is 193 Å². The second kappa shape index (κ2) is 60.9. The van der Waals surface area contributed by atoms with E-state index in [2.05, 4.69) is 153 Å². The van der Waals surface area contributed by atoms with Gasteiger partial charge < -0.3 is 89.9 Å². The van der Waals surface area contributed by atoms with Gasteiger partial charge in [-0.05, 0) is 109 Å². The molecule has 0 aliphatic carbocycles. The molecule has 3 aliphatic heterocycles. The number of carbonyl (C=O) groups is 1. The van der Waals surface area contributed by atoms with Crippen LogP contribution in [0.5, 0.6) is 0 Å². The first kappa shape index (κ1) is 90.9. The topological polar surface area (TPSA) is 307 Å². The number of hydrogen-bond donors (Lipinski definition) is 12. The van der Waals surface area contributed by atoms with Gasteiger partial charge in [-0.15, -0.1) is 0 Å². The van der Waals surface area contributed by atoms with E-state index in [1.54, 1.807) is 6.08 Å². The quantitative estimate of drug-likeness (QED) is 0.0199. The zero-order valence-electron chi connectivity index (χ0n) is 61.3. The predicted molar refractivity (Wildman–Crippen MR) is 401 cm³/mol. The molecule has 3 rings (SSSR count). The molecule has 0 aromatic rings. The molecule has 0 saturated carbocycles. The Bertz CT molecular complexity index is 2400. The van der Waals surface area contributed by atoms with E-state index in [0.717, 1.165) is 116 Å². The Morgan fingerprint density at radius 1 is 0.366 bits per heavy atom. The molecule has 0 spiro atoms.